The Balaban J connectivity index is 1.72. The fourth-order valence-electron chi connectivity index (χ4n) is 2.92. The molecule has 0 radical (unpaired) electrons. The van der Waals surface area contributed by atoms with E-state index in [4.69, 9.17) is 4.42 Å². The Morgan fingerprint density at radius 2 is 2.25 bits per heavy atom. The number of hydrogen-bond donors (Lipinski definition) is 1. The van der Waals surface area contributed by atoms with Gasteiger partial charge in [0.15, 0.2) is 0 Å². The monoisotopic (exact) mass is 276 g/mol. The highest BCUT2D eigenvalue weighted by atomic mass is 16.3. The molecule has 0 aromatic carbocycles. The number of nitrogens with zero attached hydrogens (tertiary/aromatic N) is 1. The van der Waals surface area contributed by atoms with Crippen molar-refractivity contribution in [2.45, 2.75) is 38.1 Å². The summed E-state index contributed by atoms with van der Waals surface area (Å²) in [6, 6.07) is 3.75. The first kappa shape index (κ1) is 13.2. The van der Waals surface area contributed by atoms with Gasteiger partial charge in [0.2, 0.25) is 11.8 Å². The van der Waals surface area contributed by atoms with E-state index in [1.54, 1.807) is 11.2 Å². The Labute approximate surface area is 118 Å². The van der Waals surface area contributed by atoms with Gasteiger partial charge in [-0.1, -0.05) is 0 Å². The molecule has 5 heteroatoms. The average molecular weight is 276 g/mol. The van der Waals surface area contributed by atoms with Crippen molar-refractivity contribution in [2.75, 3.05) is 13.1 Å². The quantitative estimate of drug-likeness (QED) is 0.902. The number of hydrogen-bond acceptors (Lipinski definition) is 3. The Bertz CT molecular complexity index is 507. The van der Waals surface area contributed by atoms with E-state index in [0.29, 0.717) is 31.8 Å². The smallest absolute Gasteiger partial charge is 0.248 e. The molecule has 2 aliphatic rings. The second-order valence-electron chi connectivity index (χ2n) is 5.90. The first-order valence-electron chi connectivity index (χ1n) is 7.22. The Morgan fingerprint density at radius 3 is 2.90 bits per heavy atom. The van der Waals surface area contributed by atoms with Crippen LogP contribution in [0.2, 0.25) is 0 Å². The third-order valence-electron chi connectivity index (χ3n) is 4.34. The maximum Gasteiger partial charge on any atom is 0.248 e. The number of carbonyl (C=O) groups is 2. The lowest BCUT2D eigenvalue weighted by atomic mass is 9.94. The van der Waals surface area contributed by atoms with Gasteiger partial charge in [0.25, 0.3) is 0 Å². The SMILES string of the molecule is CC1(C2CC2)NC(=O)CCN(CCc2ccco2)C1=O. The van der Waals surface area contributed by atoms with Crippen LogP contribution in [0, 0.1) is 5.92 Å². The van der Waals surface area contributed by atoms with Crippen LogP contribution in [0.5, 0.6) is 0 Å². The molecule has 1 aromatic rings. The summed E-state index contributed by atoms with van der Waals surface area (Å²) < 4.78 is 5.30. The van der Waals surface area contributed by atoms with Gasteiger partial charge in [-0.15, -0.1) is 0 Å². The van der Waals surface area contributed by atoms with E-state index in [9.17, 15) is 9.59 Å². The van der Waals surface area contributed by atoms with Crippen molar-refractivity contribution >= 4 is 11.8 Å². The second-order valence-corrected chi connectivity index (χ2v) is 5.90. The molecule has 1 atom stereocenters. The number of rotatable bonds is 4. The molecule has 108 valence electrons. The van der Waals surface area contributed by atoms with Crippen LogP contribution in [-0.2, 0) is 16.0 Å². The van der Waals surface area contributed by atoms with Gasteiger partial charge in [0, 0.05) is 25.9 Å². The predicted octanol–water partition coefficient (Wildman–Crippen LogP) is 1.34. The van der Waals surface area contributed by atoms with Gasteiger partial charge < -0.3 is 14.6 Å². The van der Waals surface area contributed by atoms with Gasteiger partial charge in [-0.05, 0) is 37.8 Å². The predicted molar refractivity (Wildman–Crippen MR) is 72.9 cm³/mol. The van der Waals surface area contributed by atoms with Gasteiger partial charge in [-0.25, -0.2) is 0 Å². The number of amides is 2. The standard InChI is InChI=1S/C15H20N2O3/c1-15(11-4-5-11)14(19)17(9-7-13(18)16-15)8-6-12-3-2-10-20-12/h2-3,10-11H,4-9H2,1H3,(H,16,18). The molecule has 1 aliphatic heterocycles. The van der Waals surface area contributed by atoms with E-state index >= 15 is 0 Å². The van der Waals surface area contributed by atoms with Gasteiger partial charge >= 0.3 is 0 Å². The van der Waals surface area contributed by atoms with Crippen molar-refractivity contribution < 1.29 is 14.0 Å². The third-order valence-corrected chi connectivity index (χ3v) is 4.34. The fraction of sp³-hybridized carbons (Fsp3) is 0.600. The maximum atomic E-state index is 12.7. The summed E-state index contributed by atoms with van der Waals surface area (Å²) in [4.78, 5) is 26.4. The van der Waals surface area contributed by atoms with E-state index in [0.717, 1.165) is 18.6 Å². The molecule has 1 saturated carbocycles. The number of furan rings is 1. The van der Waals surface area contributed by atoms with Crippen LogP contribution < -0.4 is 5.32 Å². The Kier molecular flexibility index (Phi) is 3.28. The van der Waals surface area contributed by atoms with Crippen LogP contribution in [0.25, 0.3) is 0 Å². The molecule has 1 N–H and O–H groups in total. The molecule has 1 saturated heterocycles. The lowest BCUT2D eigenvalue weighted by Crippen LogP contribution is -2.56. The summed E-state index contributed by atoms with van der Waals surface area (Å²) in [7, 11) is 0. The van der Waals surface area contributed by atoms with Crippen molar-refractivity contribution in [3.63, 3.8) is 0 Å². The summed E-state index contributed by atoms with van der Waals surface area (Å²) in [5.41, 5.74) is -0.712. The molecule has 5 nitrogen and oxygen atoms in total. The highest BCUT2D eigenvalue weighted by Gasteiger charge is 2.50. The van der Waals surface area contributed by atoms with E-state index in [-0.39, 0.29) is 11.8 Å². The first-order chi connectivity index (χ1) is 9.59. The van der Waals surface area contributed by atoms with E-state index < -0.39 is 5.54 Å². The number of carbonyl (C=O) groups excluding carboxylic acids is 2. The minimum atomic E-state index is -0.712. The van der Waals surface area contributed by atoms with Crippen LogP contribution in [-0.4, -0.2) is 35.3 Å². The van der Waals surface area contributed by atoms with Crippen LogP contribution in [0.3, 0.4) is 0 Å². The molecule has 0 bridgehead atoms. The molecular weight excluding hydrogens is 256 g/mol. The minimum Gasteiger partial charge on any atom is -0.469 e. The summed E-state index contributed by atoms with van der Waals surface area (Å²) >= 11 is 0. The normalized spacial score (nSPS) is 27.4. The highest BCUT2D eigenvalue weighted by Crippen LogP contribution is 2.41. The summed E-state index contributed by atoms with van der Waals surface area (Å²) in [5, 5.41) is 2.94. The zero-order valence-electron chi connectivity index (χ0n) is 11.7. The molecule has 2 fully saturated rings. The van der Waals surface area contributed by atoms with Gasteiger partial charge in [-0.3, -0.25) is 9.59 Å². The van der Waals surface area contributed by atoms with Gasteiger partial charge in [-0.2, -0.15) is 0 Å². The minimum absolute atomic E-state index is 0.0201. The summed E-state index contributed by atoms with van der Waals surface area (Å²) in [5.74, 6) is 1.20. The summed E-state index contributed by atoms with van der Waals surface area (Å²) in [6.07, 6.45) is 4.75. The van der Waals surface area contributed by atoms with Crippen LogP contribution >= 0.6 is 0 Å². The van der Waals surface area contributed by atoms with Gasteiger partial charge in [0.1, 0.15) is 11.3 Å². The molecule has 2 heterocycles. The van der Waals surface area contributed by atoms with Crippen molar-refractivity contribution in [3.8, 4) is 0 Å². The summed E-state index contributed by atoms with van der Waals surface area (Å²) in [6.45, 7) is 2.97. The van der Waals surface area contributed by atoms with Crippen molar-refractivity contribution in [2.24, 2.45) is 5.92 Å². The molecule has 20 heavy (non-hydrogen) atoms. The van der Waals surface area contributed by atoms with E-state index in [1.165, 1.54) is 0 Å². The maximum absolute atomic E-state index is 12.7. The zero-order valence-corrected chi connectivity index (χ0v) is 11.7. The lowest BCUT2D eigenvalue weighted by molar-refractivity contribution is -0.139. The van der Waals surface area contributed by atoms with Crippen LogP contribution in [0.1, 0.15) is 31.9 Å². The fourth-order valence-corrected chi connectivity index (χ4v) is 2.92. The van der Waals surface area contributed by atoms with Gasteiger partial charge in [0.05, 0.1) is 6.26 Å². The molecular formula is C15H20N2O3. The van der Waals surface area contributed by atoms with Crippen molar-refractivity contribution in [1.82, 2.24) is 10.2 Å². The van der Waals surface area contributed by atoms with E-state index in [1.807, 2.05) is 19.1 Å². The molecule has 3 rings (SSSR count). The number of nitrogens with one attached hydrogen (secondary N) is 1. The third kappa shape index (κ3) is 2.44. The topological polar surface area (TPSA) is 62.6 Å². The van der Waals surface area contributed by atoms with Crippen LogP contribution in [0.15, 0.2) is 22.8 Å². The van der Waals surface area contributed by atoms with Crippen molar-refractivity contribution in [3.05, 3.63) is 24.2 Å². The average Bonchev–Trinajstić information content (AvgIpc) is 3.17. The lowest BCUT2D eigenvalue weighted by Gasteiger charge is -2.32. The molecule has 1 aromatic heterocycles. The molecule has 0 spiro atoms. The molecule has 1 aliphatic carbocycles. The second kappa shape index (κ2) is 4.96. The zero-order chi connectivity index (χ0) is 14.2. The highest BCUT2D eigenvalue weighted by molar-refractivity contribution is 5.93. The Hall–Kier alpha value is -1.78. The largest absolute Gasteiger partial charge is 0.469 e. The first-order valence-corrected chi connectivity index (χ1v) is 7.22. The van der Waals surface area contributed by atoms with E-state index in [2.05, 4.69) is 5.32 Å². The molecule has 1 unspecified atom stereocenters. The van der Waals surface area contributed by atoms with Crippen LogP contribution in [0.4, 0.5) is 0 Å². The molecule has 2 amide bonds. The Morgan fingerprint density at radius 1 is 1.45 bits per heavy atom. The van der Waals surface area contributed by atoms with Crippen molar-refractivity contribution in [1.29, 1.82) is 0 Å².